The number of methoxy groups -OCH3 is 2. The van der Waals surface area contributed by atoms with E-state index in [1.54, 1.807) is 66.9 Å². The van der Waals surface area contributed by atoms with Crippen molar-refractivity contribution in [2.45, 2.75) is 98.2 Å². The molecule has 6 aromatic rings. The topological polar surface area (TPSA) is 171 Å². The van der Waals surface area contributed by atoms with Crippen LogP contribution in [0, 0.1) is 0 Å². The highest BCUT2D eigenvalue weighted by molar-refractivity contribution is 7.10. The van der Waals surface area contributed by atoms with Gasteiger partial charge in [0.1, 0.15) is 25.1 Å². The van der Waals surface area contributed by atoms with E-state index in [4.69, 9.17) is 14.6 Å². The number of Topliss-reactive ketones (excluding diaryl/α,β-unsaturated/α-hetero) is 1. The third-order valence-corrected chi connectivity index (χ3v) is 12.8. The molecule has 0 saturated carbocycles. The molecule has 0 unspecified atom stereocenters. The number of aromatic nitrogens is 4. The SMILES string of the molecule is CCCCc1n(Cc2ccc(C(=O)OC)cc2)c(/C=C(\Cc2cccs2)C(C)=O)c[n+]1CCC(=O)OC.CCCCc1ncc(/C=C(\Cc2cccs2)C(=O)O)n1Cc1ccc(C(=O)O)cc1. The molecule has 0 bridgehead atoms. The zero-order chi connectivity index (χ0) is 48.3. The van der Waals surface area contributed by atoms with E-state index < -0.39 is 11.9 Å². The van der Waals surface area contributed by atoms with E-state index in [1.807, 2.05) is 64.0 Å². The quantitative estimate of drug-likeness (QED) is 0.0358. The lowest BCUT2D eigenvalue weighted by Gasteiger charge is -2.12. The van der Waals surface area contributed by atoms with E-state index in [9.17, 15) is 29.1 Å². The molecule has 2 aromatic carbocycles. The van der Waals surface area contributed by atoms with Gasteiger partial charge >= 0.3 is 23.9 Å². The van der Waals surface area contributed by atoms with E-state index in [-0.39, 0.29) is 29.7 Å². The van der Waals surface area contributed by atoms with E-state index in [0.717, 1.165) is 88.0 Å². The Hall–Kier alpha value is -6.71. The molecule has 2 N–H and O–H groups in total. The van der Waals surface area contributed by atoms with Crippen molar-refractivity contribution in [3.05, 3.63) is 162 Å². The number of carbonyl (C=O) groups excluding carboxylic acids is 3. The summed E-state index contributed by atoms with van der Waals surface area (Å²) in [4.78, 5) is 66.0. The molecule has 0 spiro atoms. The normalized spacial score (nSPS) is 11.5. The molecule has 6 rings (SSSR count). The number of rotatable bonds is 23. The van der Waals surface area contributed by atoms with Gasteiger partial charge in [-0.15, -0.1) is 22.7 Å². The van der Waals surface area contributed by atoms with Crippen LogP contribution in [0.1, 0.15) is 118 Å². The van der Waals surface area contributed by atoms with Crippen LogP contribution in [0.4, 0.5) is 0 Å². The van der Waals surface area contributed by atoms with Gasteiger partial charge < -0.3 is 24.3 Å². The number of allylic oxidation sites excluding steroid dienone is 1. The number of esters is 2. The maximum Gasteiger partial charge on any atom is 0.337 e. The average Bonchev–Trinajstić information content (AvgIpc) is 4.17. The van der Waals surface area contributed by atoms with Gasteiger partial charge in [-0.25, -0.2) is 28.5 Å². The summed E-state index contributed by atoms with van der Waals surface area (Å²) in [6, 6.07) is 21.9. The molecule has 0 aliphatic heterocycles. The van der Waals surface area contributed by atoms with Gasteiger partial charge in [0.05, 0.1) is 43.7 Å². The van der Waals surface area contributed by atoms with Crippen LogP contribution in [0.5, 0.6) is 0 Å². The lowest BCUT2D eigenvalue weighted by molar-refractivity contribution is -0.702. The minimum atomic E-state index is -0.962. The number of aromatic carboxylic acids is 1. The predicted molar refractivity (Wildman–Crippen MR) is 260 cm³/mol. The van der Waals surface area contributed by atoms with Gasteiger partial charge in [0.2, 0.25) is 0 Å². The first-order chi connectivity index (χ1) is 32.3. The van der Waals surface area contributed by atoms with Crippen molar-refractivity contribution < 1.29 is 48.2 Å². The highest BCUT2D eigenvalue weighted by Crippen LogP contribution is 2.22. The van der Waals surface area contributed by atoms with Crippen LogP contribution in [-0.2, 0) is 69.2 Å². The summed E-state index contributed by atoms with van der Waals surface area (Å²) in [5, 5.41) is 22.7. The predicted octanol–water partition coefficient (Wildman–Crippen LogP) is 9.54. The van der Waals surface area contributed by atoms with Crippen LogP contribution in [0.3, 0.4) is 0 Å². The molecule has 0 atom stereocenters. The Morgan fingerprint density at radius 2 is 1.28 bits per heavy atom. The fourth-order valence-corrected chi connectivity index (χ4v) is 8.75. The van der Waals surface area contributed by atoms with E-state index in [0.29, 0.717) is 43.6 Å². The molecule has 352 valence electrons. The second kappa shape index (κ2) is 25.8. The minimum absolute atomic E-state index is 0.0276. The second-order valence-corrected chi connectivity index (χ2v) is 17.9. The first-order valence-electron chi connectivity index (χ1n) is 22.3. The second-order valence-electron chi connectivity index (χ2n) is 15.9. The molecule has 0 amide bonds. The van der Waals surface area contributed by atoms with Crippen molar-refractivity contribution in [1.82, 2.24) is 14.1 Å². The number of carbonyl (C=O) groups is 5. The minimum Gasteiger partial charge on any atom is -0.478 e. The monoisotopic (exact) mass is 947 g/mol. The van der Waals surface area contributed by atoms with Gasteiger partial charge in [-0.1, -0.05) is 63.1 Å². The summed E-state index contributed by atoms with van der Waals surface area (Å²) < 4.78 is 16.0. The number of hydrogen-bond acceptors (Lipinski definition) is 10. The third-order valence-electron chi connectivity index (χ3n) is 11.0. The van der Waals surface area contributed by atoms with Crippen molar-refractivity contribution >= 4 is 64.5 Å². The van der Waals surface area contributed by atoms with Crippen LogP contribution in [0.15, 0.2) is 107 Å². The summed E-state index contributed by atoms with van der Waals surface area (Å²) >= 11 is 3.16. The first-order valence-corrected chi connectivity index (χ1v) is 24.0. The number of carboxylic acids is 2. The number of ether oxygens (including phenoxy) is 2. The van der Waals surface area contributed by atoms with Gasteiger partial charge in [-0.2, -0.15) is 0 Å². The highest BCUT2D eigenvalue weighted by atomic mass is 32.1. The van der Waals surface area contributed by atoms with Crippen LogP contribution < -0.4 is 4.57 Å². The average molecular weight is 948 g/mol. The number of aliphatic carboxylic acids is 1. The Morgan fingerprint density at radius 1 is 0.716 bits per heavy atom. The van der Waals surface area contributed by atoms with Gasteiger partial charge in [0, 0.05) is 53.1 Å². The molecule has 4 heterocycles. The number of unbranched alkanes of at least 4 members (excludes halogenated alkanes) is 2. The van der Waals surface area contributed by atoms with Crippen LogP contribution in [0.2, 0.25) is 0 Å². The van der Waals surface area contributed by atoms with Crippen molar-refractivity contribution in [1.29, 1.82) is 0 Å². The van der Waals surface area contributed by atoms with E-state index in [2.05, 4.69) is 28.0 Å². The lowest BCUT2D eigenvalue weighted by Crippen LogP contribution is -2.38. The lowest BCUT2D eigenvalue weighted by atomic mass is 10.1. The summed E-state index contributed by atoms with van der Waals surface area (Å²) in [5.74, 6) is -0.549. The molecule has 4 aromatic heterocycles. The molecule has 13 nitrogen and oxygen atoms in total. The molecule has 0 aliphatic rings. The number of benzene rings is 2. The zero-order valence-electron chi connectivity index (χ0n) is 38.7. The van der Waals surface area contributed by atoms with E-state index in [1.165, 1.54) is 25.6 Å². The summed E-state index contributed by atoms with van der Waals surface area (Å²) in [6.07, 6.45) is 14.2. The van der Waals surface area contributed by atoms with Crippen LogP contribution in [0.25, 0.3) is 12.2 Å². The Morgan fingerprint density at radius 3 is 1.81 bits per heavy atom. The number of aryl methyl sites for hydroxylation is 2. The number of hydrogen-bond donors (Lipinski definition) is 2. The molecule has 67 heavy (non-hydrogen) atoms. The Kier molecular flexibility index (Phi) is 19.8. The molecular weight excluding hydrogens is 889 g/mol. The molecule has 0 aliphatic carbocycles. The van der Waals surface area contributed by atoms with Gasteiger partial charge in [-0.05, 0) is 90.2 Å². The standard InChI is InChI=1S/C29H35N2O5S.C23H24N2O4S/c1-5-6-9-27-30(15-14-28(33)35-3)20-25(17-24(21(2)32)18-26-8-7-16-37-26)31(27)19-22-10-12-23(13-11-22)29(34)36-4;1-2-3-6-21-24-14-19(12-18(23(28)29)13-20-5-4-11-30-20)25(21)15-16-7-9-17(10-8-16)22(26)27/h7-8,10-13,16-17,20H,5-6,9,14-15,18-19H2,1-4H3;4-5,7-12,14H,2-3,6,13,15H2,1H3,(H,26,27)(H,28,29)/q+1;/b24-17+;18-12+. The van der Waals surface area contributed by atoms with Crippen molar-refractivity contribution in [2.75, 3.05) is 14.2 Å². The maximum absolute atomic E-state index is 12.6. The summed E-state index contributed by atoms with van der Waals surface area (Å²) in [5.41, 5.74) is 5.34. The van der Waals surface area contributed by atoms with Crippen molar-refractivity contribution in [2.24, 2.45) is 0 Å². The maximum atomic E-state index is 12.6. The molecule has 0 saturated heterocycles. The van der Waals surface area contributed by atoms with Gasteiger partial charge in [0.15, 0.2) is 11.5 Å². The Bertz CT molecular complexity index is 2640. The third kappa shape index (κ3) is 15.2. The highest BCUT2D eigenvalue weighted by Gasteiger charge is 2.24. The Labute approximate surface area is 399 Å². The number of imidazole rings is 2. The van der Waals surface area contributed by atoms with Gasteiger partial charge in [-0.3, -0.25) is 9.59 Å². The van der Waals surface area contributed by atoms with Gasteiger partial charge in [0.25, 0.3) is 5.82 Å². The fraction of sp³-hybridized carbons (Fsp3) is 0.327. The number of nitrogens with zero attached hydrogens (tertiary/aromatic N) is 4. The Balaban J connectivity index is 0.000000256. The smallest absolute Gasteiger partial charge is 0.337 e. The number of ketones is 1. The summed E-state index contributed by atoms with van der Waals surface area (Å²) in [6.45, 7) is 7.40. The number of carboxylic acid groups (broad SMARTS) is 2. The molecular formula is C52H59N4O9S2+. The fourth-order valence-electron chi connectivity index (χ4n) is 7.29. The summed E-state index contributed by atoms with van der Waals surface area (Å²) in [7, 11) is 2.76. The van der Waals surface area contributed by atoms with E-state index >= 15 is 0 Å². The van der Waals surface area contributed by atoms with Crippen molar-refractivity contribution in [3.8, 4) is 0 Å². The van der Waals surface area contributed by atoms with Crippen molar-refractivity contribution in [3.63, 3.8) is 0 Å². The molecule has 15 heteroatoms. The first kappa shape index (κ1) is 51.3. The largest absolute Gasteiger partial charge is 0.478 e. The molecule has 0 radical (unpaired) electrons. The number of thiophene rings is 2. The van der Waals surface area contributed by atoms with Crippen LogP contribution in [-0.4, -0.2) is 68.2 Å². The van der Waals surface area contributed by atoms with Crippen LogP contribution >= 0.6 is 22.7 Å². The zero-order valence-corrected chi connectivity index (χ0v) is 40.4. The molecule has 0 fully saturated rings.